The number of benzene rings is 1. The molecule has 6 heteroatoms. The molecular formula is C15H20N2O2S2. The van der Waals surface area contributed by atoms with Gasteiger partial charge in [-0.2, -0.15) is 0 Å². The van der Waals surface area contributed by atoms with Crippen molar-refractivity contribution in [2.24, 2.45) is 0 Å². The quantitative estimate of drug-likeness (QED) is 0.887. The van der Waals surface area contributed by atoms with Crippen molar-refractivity contribution in [3.05, 3.63) is 45.9 Å². The van der Waals surface area contributed by atoms with Gasteiger partial charge < -0.3 is 5.32 Å². The van der Waals surface area contributed by atoms with Crippen LogP contribution in [0.25, 0.3) is 0 Å². The predicted octanol–water partition coefficient (Wildman–Crippen LogP) is 2.71. The van der Waals surface area contributed by atoms with Gasteiger partial charge in [0.05, 0.1) is 10.6 Å². The van der Waals surface area contributed by atoms with E-state index in [0.29, 0.717) is 11.4 Å². The summed E-state index contributed by atoms with van der Waals surface area (Å²) in [5, 5.41) is 6.19. The molecule has 114 valence electrons. The van der Waals surface area contributed by atoms with Crippen molar-refractivity contribution < 1.29 is 8.42 Å². The molecule has 1 heterocycles. The highest BCUT2D eigenvalue weighted by atomic mass is 32.2. The van der Waals surface area contributed by atoms with Crippen molar-refractivity contribution >= 4 is 21.2 Å². The maximum atomic E-state index is 12.3. The minimum absolute atomic E-state index is 0.0837. The van der Waals surface area contributed by atoms with E-state index in [1.54, 1.807) is 23.5 Å². The summed E-state index contributed by atoms with van der Waals surface area (Å²) >= 11 is 1.58. The van der Waals surface area contributed by atoms with E-state index in [1.165, 1.54) is 0 Å². The molecule has 0 spiro atoms. The van der Waals surface area contributed by atoms with E-state index in [4.69, 9.17) is 0 Å². The lowest BCUT2D eigenvalue weighted by Gasteiger charge is -2.13. The van der Waals surface area contributed by atoms with E-state index in [9.17, 15) is 8.42 Å². The zero-order valence-corrected chi connectivity index (χ0v) is 14.1. The standard InChI is InChI=1S/C15H20N2O2S2/c1-11-4-6-14(7-5-11)21(18,19)10-13(3)16-8-15-17-12(2)9-20-15/h4-7,9,13,16H,8,10H2,1-3H3/t13-/m0/s1. The number of hydrogen-bond acceptors (Lipinski definition) is 5. The zero-order valence-electron chi connectivity index (χ0n) is 12.5. The summed E-state index contributed by atoms with van der Waals surface area (Å²) < 4.78 is 24.6. The Bertz CT molecular complexity index is 691. The zero-order chi connectivity index (χ0) is 15.5. The van der Waals surface area contributed by atoms with E-state index < -0.39 is 9.84 Å². The third-order valence-electron chi connectivity index (χ3n) is 3.12. The van der Waals surface area contributed by atoms with E-state index >= 15 is 0 Å². The summed E-state index contributed by atoms with van der Waals surface area (Å²) in [6.45, 7) is 6.37. The van der Waals surface area contributed by atoms with Crippen LogP contribution in [0.15, 0.2) is 34.5 Å². The van der Waals surface area contributed by atoms with Gasteiger partial charge in [0.2, 0.25) is 0 Å². The fraction of sp³-hybridized carbons (Fsp3) is 0.400. The molecule has 1 aromatic carbocycles. The number of nitrogens with zero attached hydrogens (tertiary/aromatic N) is 1. The topological polar surface area (TPSA) is 59.1 Å². The van der Waals surface area contributed by atoms with Gasteiger partial charge in [-0.1, -0.05) is 17.7 Å². The summed E-state index contributed by atoms with van der Waals surface area (Å²) in [6.07, 6.45) is 0. The molecule has 0 saturated carbocycles. The molecule has 2 rings (SSSR count). The molecule has 0 radical (unpaired) electrons. The van der Waals surface area contributed by atoms with Crippen molar-refractivity contribution in [1.29, 1.82) is 0 Å². The SMILES string of the molecule is Cc1ccc(S(=O)(=O)C[C@H](C)NCc2nc(C)cs2)cc1. The minimum atomic E-state index is -3.25. The van der Waals surface area contributed by atoms with Gasteiger partial charge in [0.25, 0.3) is 0 Å². The second-order valence-electron chi connectivity index (χ2n) is 5.26. The lowest BCUT2D eigenvalue weighted by Crippen LogP contribution is -2.32. The second-order valence-corrected chi connectivity index (χ2v) is 8.24. The largest absolute Gasteiger partial charge is 0.307 e. The maximum Gasteiger partial charge on any atom is 0.179 e. The normalized spacial score (nSPS) is 13.3. The first-order valence-corrected chi connectivity index (χ1v) is 9.34. The molecule has 1 aromatic heterocycles. The molecule has 0 aliphatic heterocycles. The molecule has 1 atom stereocenters. The number of hydrogen-bond donors (Lipinski definition) is 1. The molecular weight excluding hydrogens is 304 g/mol. The number of rotatable bonds is 6. The van der Waals surface area contributed by atoms with Gasteiger partial charge in [0.1, 0.15) is 5.01 Å². The summed E-state index contributed by atoms with van der Waals surface area (Å²) in [4.78, 5) is 4.73. The van der Waals surface area contributed by atoms with Crippen molar-refractivity contribution in [3.63, 3.8) is 0 Å². The van der Waals surface area contributed by atoms with Crippen LogP contribution in [0.3, 0.4) is 0 Å². The van der Waals surface area contributed by atoms with E-state index in [1.807, 2.05) is 38.3 Å². The third kappa shape index (κ3) is 4.62. The Balaban J connectivity index is 1.94. The molecule has 0 saturated heterocycles. The van der Waals surface area contributed by atoms with Crippen LogP contribution in [0.1, 0.15) is 23.2 Å². The summed E-state index contributed by atoms with van der Waals surface area (Å²) in [6, 6.07) is 6.86. The molecule has 2 aromatic rings. The van der Waals surface area contributed by atoms with Crippen LogP contribution in [-0.2, 0) is 16.4 Å². The number of nitrogens with one attached hydrogen (secondary N) is 1. The van der Waals surface area contributed by atoms with Gasteiger partial charge in [0, 0.05) is 23.7 Å². The molecule has 0 aliphatic carbocycles. The number of sulfone groups is 1. The molecule has 21 heavy (non-hydrogen) atoms. The van der Waals surface area contributed by atoms with Crippen LogP contribution in [0.5, 0.6) is 0 Å². The summed E-state index contributed by atoms with van der Waals surface area (Å²) in [7, 11) is -3.25. The van der Waals surface area contributed by atoms with Gasteiger partial charge in [-0.3, -0.25) is 0 Å². The molecule has 0 aliphatic rings. The fourth-order valence-corrected chi connectivity index (χ4v) is 4.22. The Morgan fingerprint density at radius 2 is 1.90 bits per heavy atom. The molecule has 1 N–H and O–H groups in total. The first-order chi connectivity index (χ1) is 9.87. The minimum Gasteiger partial charge on any atom is -0.307 e. The van der Waals surface area contributed by atoms with Crippen LogP contribution >= 0.6 is 11.3 Å². The predicted molar refractivity (Wildman–Crippen MR) is 86.4 cm³/mol. The van der Waals surface area contributed by atoms with Gasteiger partial charge in [-0.25, -0.2) is 13.4 Å². The van der Waals surface area contributed by atoms with Crippen LogP contribution < -0.4 is 5.32 Å². The average Bonchev–Trinajstić information content (AvgIpc) is 2.82. The Morgan fingerprint density at radius 1 is 1.24 bits per heavy atom. The Labute approximate surface area is 130 Å². The molecule has 0 unspecified atom stereocenters. The average molecular weight is 324 g/mol. The first-order valence-electron chi connectivity index (χ1n) is 6.80. The lowest BCUT2D eigenvalue weighted by molar-refractivity contribution is 0.555. The first kappa shape index (κ1) is 16.1. The van der Waals surface area contributed by atoms with Gasteiger partial charge >= 0.3 is 0 Å². The van der Waals surface area contributed by atoms with E-state index in [-0.39, 0.29) is 11.8 Å². The van der Waals surface area contributed by atoms with E-state index in [2.05, 4.69) is 10.3 Å². The van der Waals surface area contributed by atoms with Crippen LogP contribution in [0.2, 0.25) is 0 Å². The summed E-state index contributed by atoms with van der Waals surface area (Å²) in [5.74, 6) is 0.0837. The maximum absolute atomic E-state index is 12.3. The molecule has 0 amide bonds. The second kappa shape index (κ2) is 6.68. The smallest absolute Gasteiger partial charge is 0.179 e. The van der Waals surface area contributed by atoms with Crippen molar-refractivity contribution in [2.45, 2.75) is 38.3 Å². The molecule has 0 bridgehead atoms. The Hall–Kier alpha value is -1.24. The van der Waals surface area contributed by atoms with E-state index in [0.717, 1.165) is 16.3 Å². The Morgan fingerprint density at radius 3 is 2.48 bits per heavy atom. The number of aryl methyl sites for hydroxylation is 2. The highest BCUT2D eigenvalue weighted by Crippen LogP contribution is 2.14. The molecule has 0 fully saturated rings. The summed E-state index contributed by atoms with van der Waals surface area (Å²) in [5.41, 5.74) is 2.05. The molecule has 4 nitrogen and oxygen atoms in total. The van der Waals surface area contributed by atoms with Crippen LogP contribution in [0.4, 0.5) is 0 Å². The number of aromatic nitrogens is 1. The van der Waals surface area contributed by atoms with Crippen molar-refractivity contribution in [3.8, 4) is 0 Å². The highest BCUT2D eigenvalue weighted by Gasteiger charge is 2.18. The van der Waals surface area contributed by atoms with Crippen LogP contribution in [0, 0.1) is 13.8 Å². The Kier molecular flexibility index (Phi) is 5.13. The monoisotopic (exact) mass is 324 g/mol. The van der Waals surface area contributed by atoms with Gasteiger partial charge in [0.15, 0.2) is 9.84 Å². The lowest BCUT2D eigenvalue weighted by atomic mass is 10.2. The number of thiazole rings is 1. The van der Waals surface area contributed by atoms with Crippen molar-refractivity contribution in [1.82, 2.24) is 10.3 Å². The van der Waals surface area contributed by atoms with Gasteiger partial charge in [-0.15, -0.1) is 11.3 Å². The van der Waals surface area contributed by atoms with Crippen LogP contribution in [-0.4, -0.2) is 25.2 Å². The van der Waals surface area contributed by atoms with Gasteiger partial charge in [-0.05, 0) is 32.9 Å². The highest BCUT2D eigenvalue weighted by molar-refractivity contribution is 7.91. The fourth-order valence-electron chi connectivity index (χ4n) is 1.98. The third-order valence-corrected chi connectivity index (χ3v) is 6.01. The van der Waals surface area contributed by atoms with Crippen molar-refractivity contribution in [2.75, 3.05) is 5.75 Å².